The normalized spacial score (nSPS) is 17.0. The number of nitrogens with zero attached hydrogens (tertiary/aromatic N) is 2. The molecule has 0 aliphatic carbocycles. The van der Waals surface area contributed by atoms with Crippen molar-refractivity contribution in [2.75, 3.05) is 26.7 Å². The van der Waals surface area contributed by atoms with Crippen LogP contribution in [-0.2, 0) is 20.6 Å². The van der Waals surface area contributed by atoms with Crippen LogP contribution in [0.4, 0.5) is 0 Å². The van der Waals surface area contributed by atoms with Gasteiger partial charge in [0, 0.05) is 25.7 Å². The molecule has 0 bridgehead atoms. The second-order valence-electron chi connectivity index (χ2n) is 4.93. The van der Waals surface area contributed by atoms with E-state index in [0.29, 0.717) is 24.2 Å². The van der Waals surface area contributed by atoms with Crippen molar-refractivity contribution in [3.8, 4) is 0 Å². The van der Waals surface area contributed by atoms with Crippen molar-refractivity contribution < 1.29 is 13.2 Å². The monoisotopic (exact) mass is 327 g/mol. The lowest BCUT2D eigenvalue weighted by Gasteiger charge is -2.31. The first-order chi connectivity index (χ1) is 9.81. The summed E-state index contributed by atoms with van der Waals surface area (Å²) < 4.78 is 26.1. The van der Waals surface area contributed by atoms with Crippen molar-refractivity contribution >= 4 is 33.1 Å². The molecule has 0 atom stereocenters. The molecule has 0 spiro atoms. The molecule has 1 aromatic carbocycles. The number of thiocarbonyl (C=S) groups is 1. The Labute approximate surface area is 129 Å². The third-order valence-electron chi connectivity index (χ3n) is 3.44. The lowest BCUT2D eigenvalue weighted by atomic mass is 10.1. The molecule has 6 nitrogen and oxygen atoms in total. The number of nitrogens with two attached hydrogens (primary N) is 1. The average Bonchev–Trinajstić information content (AvgIpc) is 2.41. The van der Waals surface area contributed by atoms with Crippen molar-refractivity contribution in [3.63, 3.8) is 0 Å². The van der Waals surface area contributed by atoms with Gasteiger partial charge in [0.05, 0.1) is 12.3 Å². The number of benzene rings is 1. The maximum atomic E-state index is 12.5. The summed E-state index contributed by atoms with van der Waals surface area (Å²) in [6.45, 7) is 0.586. The number of rotatable bonds is 4. The molecule has 1 amide bonds. The highest BCUT2D eigenvalue weighted by molar-refractivity contribution is 7.88. The van der Waals surface area contributed by atoms with E-state index in [-0.39, 0.29) is 23.2 Å². The fraction of sp³-hybridized carbons (Fsp3) is 0.385. The summed E-state index contributed by atoms with van der Waals surface area (Å²) in [6.07, 6.45) is 0. The Bertz CT molecular complexity index is 673. The number of carbonyl (C=O) groups is 1. The van der Waals surface area contributed by atoms with Crippen molar-refractivity contribution in [3.05, 3.63) is 35.4 Å². The highest BCUT2D eigenvalue weighted by Crippen LogP contribution is 2.17. The molecular formula is C13H17N3O3S2. The van der Waals surface area contributed by atoms with Gasteiger partial charge in [0.1, 0.15) is 4.99 Å². The Balaban J connectivity index is 2.22. The maximum absolute atomic E-state index is 12.5. The fourth-order valence-corrected chi connectivity index (χ4v) is 3.84. The average molecular weight is 327 g/mol. The van der Waals surface area contributed by atoms with Crippen molar-refractivity contribution in [2.24, 2.45) is 5.73 Å². The minimum absolute atomic E-state index is 0.117. The first-order valence-electron chi connectivity index (χ1n) is 6.41. The van der Waals surface area contributed by atoms with Gasteiger partial charge in [-0.3, -0.25) is 4.79 Å². The Morgan fingerprint density at radius 1 is 1.33 bits per heavy atom. The molecule has 114 valence electrons. The van der Waals surface area contributed by atoms with Gasteiger partial charge < -0.3 is 10.6 Å². The smallest absolute Gasteiger partial charge is 0.237 e. The Kier molecular flexibility index (Phi) is 4.60. The predicted molar refractivity (Wildman–Crippen MR) is 84.2 cm³/mol. The van der Waals surface area contributed by atoms with Crippen LogP contribution in [0.15, 0.2) is 24.3 Å². The van der Waals surface area contributed by atoms with Crippen LogP contribution in [0, 0.1) is 0 Å². The molecule has 1 aliphatic rings. The van der Waals surface area contributed by atoms with Gasteiger partial charge in [-0.05, 0) is 5.56 Å². The molecule has 21 heavy (non-hydrogen) atoms. The first kappa shape index (κ1) is 15.9. The van der Waals surface area contributed by atoms with E-state index in [1.165, 1.54) is 9.21 Å². The third-order valence-corrected chi connectivity index (χ3v) is 5.43. The molecule has 2 N–H and O–H groups in total. The fourth-order valence-electron chi connectivity index (χ4n) is 2.15. The van der Waals surface area contributed by atoms with Gasteiger partial charge in [0.15, 0.2) is 0 Å². The van der Waals surface area contributed by atoms with Gasteiger partial charge in [-0.1, -0.05) is 36.5 Å². The third kappa shape index (κ3) is 3.58. The molecule has 1 saturated heterocycles. The largest absolute Gasteiger partial charge is 0.389 e. The van der Waals surface area contributed by atoms with E-state index >= 15 is 0 Å². The van der Waals surface area contributed by atoms with Crippen LogP contribution in [0.5, 0.6) is 0 Å². The molecule has 8 heteroatoms. The molecule has 1 aromatic rings. The second kappa shape index (κ2) is 6.08. The Morgan fingerprint density at radius 2 is 2.00 bits per heavy atom. The summed E-state index contributed by atoms with van der Waals surface area (Å²) >= 11 is 4.94. The molecule has 2 rings (SSSR count). The number of carbonyl (C=O) groups excluding carboxylic acids is 1. The molecular weight excluding hydrogens is 310 g/mol. The number of piperazine rings is 1. The van der Waals surface area contributed by atoms with Gasteiger partial charge in [-0.15, -0.1) is 0 Å². The van der Waals surface area contributed by atoms with Crippen LogP contribution in [-0.4, -0.2) is 55.2 Å². The lowest BCUT2D eigenvalue weighted by Crippen LogP contribution is -2.50. The Hall–Kier alpha value is -1.51. The van der Waals surface area contributed by atoms with E-state index in [1.807, 2.05) is 0 Å². The zero-order chi connectivity index (χ0) is 15.6. The van der Waals surface area contributed by atoms with Crippen LogP contribution in [0.3, 0.4) is 0 Å². The van der Waals surface area contributed by atoms with E-state index in [2.05, 4.69) is 0 Å². The number of amides is 1. The van der Waals surface area contributed by atoms with E-state index in [9.17, 15) is 13.2 Å². The summed E-state index contributed by atoms with van der Waals surface area (Å²) in [5.74, 6) is -0.412. The molecule has 0 radical (unpaired) electrons. The van der Waals surface area contributed by atoms with Crippen LogP contribution >= 0.6 is 12.2 Å². The topological polar surface area (TPSA) is 83.7 Å². The van der Waals surface area contributed by atoms with Gasteiger partial charge in [0.2, 0.25) is 15.9 Å². The standard InChI is InChI=1S/C13H17N3O3S2/c1-15-6-7-16(8-12(15)17)21(18,19)9-10-4-2-3-5-11(10)13(14)20/h2-5H,6-9H2,1H3,(H2,14,20). The summed E-state index contributed by atoms with van der Waals surface area (Å²) in [5, 5.41) is 0. The highest BCUT2D eigenvalue weighted by Gasteiger charge is 2.30. The van der Waals surface area contributed by atoms with Crippen molar-refractivity contribution in [1.82, 2.24) is 9.21 Å². The molecule has 0 unspecified atom stereocenters. The predicted octanol–water partition coefficient (Wildman–Crippen LogP) is -0.0754. The number of hydrogen-bond acceptors (Lipinski definition) is 4. The zero-order valence-electron chi connectivity index (χ0n) is 11.7. The zero-order valence-corrected chi connectivity index (χ0v) is 13.3. The summed E-state index contributed by atoms with van der Waals surface area (Å²) in [6, 6.07) is 6.87. The molecule has 0 saturated carbocycles. The number of likely N-dealkylation sites (N-methyl/N-ethyl adjacent to an activating group) is 1. The summed E-state index contributed by atoms with van der Waals surface area (Å²) in [5.41, 5.74) is 6.72. The van der Waals surface area contributed by atoms with Crippen LogP contribution < -0.4 is 5.73 Å². The molecule has 1 heterocycles. The van der Waals surface area contributed by atoms with E-state index in [0.717, 1.165) is 0 Å². The van der Waals surface area contributed by atoms with Crippen molar-refractivity contribution in [2.45, 2.75) is 5.75 Å². The van der Waals surface area contributed by atoms with Crippen LogP contribution in [0.25, 0.3) is 0 Å². The maximum Gasteiger partial charge on any atom is 0.237 e. The second-order valence-corrected chi connectivity index (χ2v) is 7.34. The van der Waals surface area contributed by atoms with Gasteiger partial charge in [-0.25, -0.2) is 8.42 Å². The van der Waals surface area contributed by atoms with E-state index in [4.69, 9.17) is 18.0 Å². The molecule has 1 aliphatic heterocycles. The highest BCUT2D eigenvalue weighted by atomic mass is 32.2. The van der Waals surface area contributed by atoms with E-state index < -0.39 is 10.0 Å². The van der Waals surface area contributed by atoms with Gasteiger partial charge in [-0.2, -0.15) is 4.31 Å². The number of hydrogen-bond donors (Lipinski definition) is 1. The van der Waals surface area contributed by atoms with Crippen molar-refractivity contribution in [1.29, 1.82) is 0 Å². The number of sulfonamides is 1. The van der Waals surface area contributed by atoms with Crippen LogP contribution in [0.2, 0.25) is 0 Å². The van der Waals surface area contributed by atoms with E-state index in [1.54, 1.807) is 31.3 Å². The minimum Gasteiger partial charge on any atom is -0.389 e. The minimum atomic E-state index is -3.58. The first-order valence-corrected chi connectivity index (χ1v) is 8.42. The van der Waals surface area contributed by atoms with Gasteiger partial charge >= 0.3 is 0 Å². The SMILES string of the molecule is CN1CCN(S(=O)(=O)Cc2ccccc2C(N)=S)CC1=O. The lowest BCUT2D eigenvalue weighted by molar-refractivity contribution is -0.132. The quantitative estimate of drug-likeness (QED) is 0.782. The van der Waals surface area contributed by atoms with Crippen LogP contribution in [0.1, 0.15) is 11.1 Å². The molecule has 1 fully saturated rings. The summed E-state index contributed by atoms with van der Waals surface area (Å²) in [7, 11) is -1.92. The molecule has 0 aromatic heterocycles. The Morgan fingerprint density at radius 3 is 2.62 bits per heavy atom. The summed E-state index contributed by atoms with van der Waals surface area (Å²) in [4.78, 5) is 13.3. The van der Waals surface area contributed by atoms with Gasteiger partial charge in [0.25, 0.3) is 0 Å².